The Labute approximate surface area is 243 Å². The minimum Gasteiger partial charge on any atom is -0.497 e. The van der Waals surface area contributed by atoms with Crippen molar-refractivity contribution in [3.05, 3.63) is 39.0 Å². The Morgan fingerprint density at radius 2 is 1.80 bits per heavy atom. The molecule has 0 atom stereocenters. The van der Waals surface area contributed by atoms with Crippen molar-refractivity contribution in [3.63, 3.8) is 0 Å². The first-order valence-corrected chi connectivity index (χ1v) is 16.2. The molecule has 0 saturated heterocycles. The van der Waals surface area contributed by atoms with E-state index >= 15 is 0 Å². The number of methoxy groups -OCH3 is 1. The maximum atomic E-state index is 12.8. The molecule has 2 aromatic heterocycles. The lowest BCUT2D eigenvalue weighted by atomic mass is 10.1. The Kier molecular flexibility index (Phi) is 9.60. The van der Waals surface area contributed by atoms with Crippen LogP contribution in [0.1, 0.15) is 41.1 Å². The maximum absolute atomic E-state index is 12.8. The van der Waals surface area contributed by atoms with Crippen LogP contribution in [0.3, 0.4) is 0 Å². The summed E-state index contributed by atoms with van der Waals surface area (Å²) in [7, 11) is -2.73. The summed E-state index contributed by atoms with van der Waals surface area (Å²) < 4.78 is 43.0. The molecule has 12 nitrogen and oxygen atoms in total. The second-order valence-corrected chi connectivity index (χ2v) is 13.2. The summed E-state index contributed by atoms with van der Waals surface area (Å²) in [6.07, 6.45) is 2.32. The van der Waals surface area contributed by atoms with E-state index in [9.17, 15) is 27.6 Å². The van der Waals surface area contributed by atoms with Gasteiger partial charge in [-0.05, 0) is 56.9 Å². The number of nitrogens with zero attached hydrogens (tertiary/aromatic N) is 2. The molecular weight excluding hydrogens is 594 g/mol. The van der Waals surface area contributed by atoms with Crippen LogP contribution >= 0.6 is 22.7 Å². The van der Waals surface area contributed by atoms with Gasteiger partial charge in [-0.2, -0.15) is 4.99 Å². The number of sulfone groups is 1. The summed E-state index contributed by atoms with van der Waals surface area (Å²) in [6, 6.07) is 5.08. The van der Waals surface area contributed by atoms with Crippen LogP contribution in [0.25, 0.3) is 10.2 Å². The number of fused-ring (bicyclic) bond motifs is 2. The molecule has 1 aliphatic carbocycles. The smallest absolute Gasteiger partial charge is 0.341 e. The molecule has 2 heterocycles. The van der Waals surface area contributed by atoms with Crippen molar-refractivity contribution in [2.75, 3.05) is 37.1 Å². The van der Waals surface area contributed by atoms with Gasteiger partial charge in [-0.3, -0.25) is 14.4 Å². The monoisotopic (exact) mass is 623 g/mol. The largest absolute Gasteiger partial charge is 0.497 e. The third-order valence-corrected chi connectivity index (χ3v) is 9.69. The summed E-state index contributed by atoms with van der Waals surface area (Å²) in [5, 5.41) is 2.76. The third kappa shape index (κ3) is 7.21. The van der Waals surface area contributed by atoms with Gasteiger partial charge in [0.05, 0.1) is 36.1 Å². The summed E-state index contributed by atoms with van der Waals surface area (Å²) in [4.78, 5) is 55.2. The van der Waals surface area contributed by atoms with Gasteiger partial charge in [0.2, 0.25) is 5.91 Å². The number of anilines is 1. The van der Waals surface area contributed by atoms with E-state index in [0.717, 1.165) is 34.6 Å². The van der Waals surface area contributed by atoms with Crippen molar-refractivity contribution in [1.29, 1.82) is 0 Å². The fourth-order valence-electron chi connectivity index (χ4n) is 4.41. The van der Waals surface area contributed by atoms with Crippen LogP contribution in [-0.2, 0) is 53.1 Å². The first-order chi connectivity index (χ1) is 19.5. The van der Waals surface area contributed by atoms with E-state index in [4.69, 9.17) is 14.2 Å². The summed E-state index contributed by atoms with van der Waals surface area (Å²) in [6.45, 7) is 3.42. The highest BCUT2D eigenvalue weighted by atomic mass is 32.2. The van der Waals surface area contributed by atoms with E-state index in [-0.39, 0.29) is 35.1 Å². The van der Waals surface area contributed by atoms with Crippen molar-refractivity contribution in [2.24, 2.45) is 4.99 Å². The van der Waals surface area contributed by atoms with Gasteiger partial charge in [-0.1, -0.05) is 11.3 Å². The number of rotatable bonds is 11. The first-order valence-electron chi connectivity index (χ1n) is 12.8. The van der Waals surface area contributed by atoms with Crippen molar-refractivity contribution >= 4 is 71.5 Å². The Bertz CT molecular complexity index is 1680. The van der Waals surface area contributed by atoms with Gasteiger partial charge in [0.1, 0.15) is 28.8 Å². The van der Waals surface area contributed by atoms with Gasteiger partial charge in [-0.25, -0.2) is 13.2 Å². The van der Waals surface area contributed by atoms with E-state index in [1.54, 1.807) is 32.0 Å². The highest BCUT2D eigenvalue weighted by Gasteiger charge is 2.29. The summed E-state index contributed by atoms with van der Waals surface area (Å²) in [5.74, 6) is -4.46. The Balaban J connectivity index is 1.52. The molecule has 41 heavy (non-hydrogen) atoms. The van der Waals surface area contributed by atoms with E-state index in [0.29, 0.717) is 22.4 Å². The van der Waals surface area contributed by atoms with Crippen LogP contribution in [0.2, 0.25) is 0 Å². The number of carbonyl (C=O) groups excluding carboxylic acids is 4. The molecule has 0 saturated carbocycles. The van der Waals surface area contributed by atoms with Gasteiger partial charge in [0.15, 0.2) is 14.6 Å². The summed E-state index contributed by atoms with van der Waals surface area (Å²) >= 11 is 2.30. The molecule has 0 unspecified atom stereocenters. The Hall–Kier alpha value is -3.56. The van der Waals surface area contributed by atoms with E-state index in [2.05, 4.69) is 10.3 Å². The average molecular weight is 624 g/mol. The molecule has 1 aromatic carbocycles. The number of hydrogen-bond acceptors (Lipinski definition) is 11. The Morgan fingerprint density at radius 3 is 2.51 bits per heavy atom. The van der Waals surface area contributed by atoms with E-state index < -0.39 is 45.1 Å². The standard InChI is InChI=1S/C26H29N3O9S3/c1-4-37-22(32)12-29-17-10-9-15(36-3)11-19(17)40-26(29)28-21(31)14-41(34,35)13-20(30)27-24-23(25(33)38-5-2)16-7-6-8-18(16)39-24/h9-11H,4-8,12-14H2,1-3H3,(H,27,30). The van der Waals surface area contributed by atoms with Gasteiger partial charge in [0, 0.05) is 4.88 Å². The second kappa shape index (κ2) is 13.0. The lowest BCUT2D eigenvalue weighted by Crippen LogP contribution is -2.29. The number of amides is 2. The SMILES string of the molecule is CCOC(=O)Cn1c(=NC(=O)CS(=O)(=O)CC(=O)Nc2sc3c(c2C(=O)OCC)CCC3)sc2cc(OC)ccc21. The number of aromatic nitrogens is 1. The zero-order valence-electron chi connectivity index (χ0n) is 22.7. The normalized spacial score (nSPS) is 13.2. The quantitative estimate of drug-likeness (QED) is 0.317. The highest BCUT2D eigenvalue weighted by molar-refractivity contribution is 7.92. The fraction of sp³-hybridized carbons (Fsp3) is 0.423. The zero-order chi connectivity index (χ0) is 29.7. The molecule has 2 amide bonds. The van der Waals surface area contributed by atoms with Crippen LogP contribution < -0.4 is 14.9 Å². The molecular formula is C26H29N3O9S3. The number of benzene rings is 1. The predicted octanol–water partition coefficient (Wildman–Crippen LogP) is 2.48. The number of nitrogens with one attached hydrogen (secondary N) is 1. The van der Waals surface area contributed by atoms with Crippen molar-refractivity contribution in [1.82, 2.24) is 4.57 Å². The molecule has 0 fully saturated rings. The van der Waals surface area contributed by atoms with Crippen molar-refractivity contribution in [2.45, 2.75) is 39.7 Å². The highest BCUT2D eigenvalue weighted by Crippen LogP contribution is 2.39. The van der Waals surface area contributed by atoms with Gasteiger partial charge < -0.3 is 24.1 Å². The zero-order valence-corrected chi connectivity index (χ0v) is 25.1. The van der Waals surface area contributed by atoms with Crippen LogP contribution in [-0.4, -0.2) is 68.6 Å². The molecule has 0 spiro atoms. The predicted molar refractivity (Wildman–Crippen MR) is 153 cm³/mol. The molecule has 0 aliphatic heterocycles. The van der Waals surface area contributed by atoms with Gasteiger partial charge >= 0.3 is 11.9 Å². The minimum atomic E-state index is -4.23. The molecule has 1 aliphatic rings. The van der Waals surface area contributed by atoms with E-state index in [1.807, 2.05) is 0 Å². The molecule has 4 rings (SSSR count). The number of hydrogen-bond donors (Lipinski definition) is 1. The number of esters is 2. The van der Waals surface area contributed by atoms with Crippen LogP contribution in [0.4, 0.5) is 5.00 Å². The van der Waals surface area contributed by atoms with Crippen LogP contribution in [0.15, 0.2) is 23.2 Å². The van der Waals surface area contributed by atoms with E-state index in [1.165, 1.54) is 23.0 Å². The van der Waals surface area contributed by atoms with Gasteiger partial charge in [-0.15, -0.1) is 11.3 Å². The lowest BCUT2D eigenvalue weighted by Gasteiger charge is -2.08. The van der Waals surface area contributed by atoms with Crippen LogP contribution in [0.5, 0.6) is 5.75 Å². The number of carbonyl (C=O) groups is 4. The Morgan fingerprint density at radius 1 is 1.05 bits per heavy atom. The maximum Gasteiger partial charge on any atom is 0.341 e. The van der Waals surface area contributed by atoms with Crippen molar-refractivity contribution in [3.8, 4) is 5.75 Å². The molecule has 0 radical (unpaired) electrons. The molecule has 220 valence electrons. The molecule has 3 aromatic rings. The summed E-state index contributed by atoms with van der Waals surface area (Å²) in [5.41, 5.74) is 1.66. The number of thiazole rings is 1. The minimum absolute atomic E-state index is 0.0955. The second-order valence-electron chi connectivity index (χ2n) is 8.98. The molecule has 1 N–H and O–H groups in total. The van der Waals surface area contributed by atoms with Crippen LogP contribution in [0, 0.1) is 0 Å². The number of thiophene rings is 1. The molecule has 0 bridgehead atoms. The third-order valence-electron chi connectivity index (χ3n) is 6.05. The lowest BCUT2D eigenvalue weighted by molar-refractivity contribution is -0.143. The average Bonchev–Trinajstić information content (AvgIpc) is 3.56. The van der Waals surface area contributed by atoms with Gasteiger partial charge in [0.25, 0.3) is 5.91 Å². The topological polar surface area (TPSA) is 159 Å². The molecule has 15 heteroatoms. The number of aryl methyl sites for hydroxylation is 1. The first kappa shape index (κ1) is 30.4. The van der Waals surface area contributed by atoms with Crippen molar-refractivity contribution < 1.29 is 41.8 Å². The fourth-order valence-corrected chi connectivity index (χ4v) is 7.79. The number of ether oxygens (including phenoxy) is 3.